The quantitative estimate of drug-likeness (QED) is 0.485. The van der Waals surface area contributed by atoms with Gasteiger partial charge in [-0.25, -0.2) is 4.79 Å². The molecule has 0 unspecified atom stereocenters. The van der Waals surface area contributed by atoms with Crippen LogP contribution in [0, 0.1) is 0 Å². The Hall–Kier alpha value is -1.36. The highest BCUT2D eigenvalue weighted by molar-refractivity contribution is 9.10. The highest BCUT2D eigenvalue weighted by atomic mass is 79.9. The summed E-state index contributed by atoms with van der Waals surface area (Å²) < 4.78 is 0.826. The van der Waals surface area contributed by atoms with Crippen molar-refractivity contribution in [1.82, 2.24) is 0 Å². The van der Waals surface area contributed by atoms with Crippen LogP contribution in [0.4, 0.5) is 0 Å². The van der Waals surface area contributed by atoms with Crippen LogP contribution in [0.15, 0.2) is 16.6 Å². The van der Waals surface area contributed by atoms with Crippen molar-refractivity contribution < 1.29 is 19.4 Å². The van der Waals surface area contributed by atoms with Gasteiger partial charge in [-0.1, -0.05) is 22.9 Å². The average molecular weight is 287 g/mol. The average Bonchev–Trinajstić information content (AvgIpc) is 2.26. The number of hydrogen-bond acceptors (Lipinski definition) is 4. The summed E-state index contributed by atoms with van der Waals surface area (Å²) in [6, 6.07) is 3.31. The van der Waals surface area contributed by atoms with Crippen LogP contribution in [-0.4, -0.2) is 12.3 Å². The second-order valence-corrected chi connectivity index (χ2v) is 3.92. The van der Waals surface area contributed by atoms with Gasteiger partial charge in [0, 0.05) is 11.4 Å². The molecular weight excluding hydrogens is 276 g/mol. The Morgan fingerprint density at radius 3 is 2.69 bits per heavy atom. The minimum absolute atomic E-state index is 0.241. The van der Waals surface area contributed by atoms with Crippen molar-refractivity contribution in [1.29, 1.82) is 0 Å². The van der Waals surface area contributed by atoms with Crippen LogP contribution in [0.1, 0.15) is 29.8 Å². The Morgan fingerprint density at radius 2 is 2.19 bits per heavy atom. The van der Waals surface area contributed by atoms with E-state index in [-0.39, 0.29) is 5.75 Å². The van der Waals surface area contributed by atoms with E-state index in [0.717, 1.165) is 10.0 Å². The fourth-order valence-corrected chi connectivity index (χ4v) is 1.91. The summed E-state index contributed by atoms with van der Waals surface area (Å²) in [6.45, 7) is 3.14. The third-order valence-electron chi connectivity index (χ3n) is 1.98. The summed E-state index contributed by atoms with van der Waals surface area (Å²) >= 11 is 3.34. The zero-order chi connectivity index (χ0) is 12.1. The van der Waals surface area contributed by atoms with Gasteiger partial charge in [0.25, 0.3) is 0 Å². The van der Waals surface area contributed by atoms with Gasteiger partial charge in [-0.2, -0.15) is 0 Å². The van der Waals surface area contributed by atoms with E-state index in [1.54, 1.807) is 12.1 Å². The van der Waals surface area contributed by atoms with Gasteiger partial charge in [-0.3, -0.25) is 14.6 Å². The van der Waals surface area contributed by atoms with Crippen LogP contribution in [0.25, 0.3) is 0 Å². The lowest BCUT2D eigenvalue weighted by atomic mass is 10.1. The molecular formula is C11H11BrO4. The fraction of sp³-hybridized carbons (Fsp3) is 0.273. The zero-order valence-corrected chi connectivity index (χ0v) is 10.5. The summed E-state index contributed by atoms with van der Waals surface area (Å²) in [4.78, 5) is 30.7. The van der Waals surface area contributed by atoms with Crippen molar-refractivity contribution in [3.8, 4) is 5.75 Å². The van der Waals surface area contributed by atoms with E-state index in [1.807, 2.05) is 6.92 Å². The molecule has 0 atom stereocenters. The molecule has 0 N–H and O–H groups in total. The van der Waals surface area contributed by atoms with E-state index in [2.05, 4.69) is 20.8 Å². The third-order valence-corrected chi connectivity index (χ3v) is 2.72. The molecule has 5 heteroatoms. The summed E-state index contributed by atoms with van der Waals surface area (Å²) in [5, 5.41) is 0. The van der Waals surface area contributed by atoms with Crippen molar-refractivity contribution in [2.45, 2.75) is 20.3 Å². The molecule has 1 rings (SSSR count). The van der Waals surface area contributed by atoms with E-state index < -0.39 is 5.97 Å². The van der Waals surface area contributed by atoms with Gasteiger partial charge in [0.15, 0.2) is 12.0 Å². The minimum Gasteiger partial charge on any atom is -0.298 e. The fourth-order valence-electron chi connectivity index (χ4n) is 1.28. The predicted octanol–water partition coefficient (Wildman–Crippen LogP) is 2.68. The lowest BCUT2D eigenvalue weighted by Gasteiger charge is -2.09. The first-order valence-corrected chi connectivity index (χ1v) is 5.51. The van der Waals surface area contributed by atoms with E-state index in [4.69, 9.17) is 4.89 Å². The summed E-state index contributed by atoms with van der Waals surface area (Å²) in [6.07, 6.45) is 1.36. The van der Waals surface area contributed by atoms with E-state index in [1.165, 1.54) is 6.92 Å². The Kier molecular flexibility index (Phi) is 4.49. The number of halogens is 1. The first kappa shape index (κ1) is 12.7. The van der Waals surface area contributed by atoms with Gasteiger partial charge >= 0.3 is 5.97 Å². The number of carbonyl (C=O) groups is 2. The van der Waals surface area contributed by atoms with Crippen molar-refractivity contribution in [3.05, 3.63) is 27.7 Å². The lowest BCUT2D eigenvalue weighted by Crippen LogP contribution is -2.06. The molecule has 0 aliphatic carbocycles. The van der Waals surface area contributed by atoms with Gasteiger partial charge in [-0.05, 0) is 24.1 Å². The predicted molar refractivity (Wildman–Crippen MR) is 61.3 cm³/mol. The van der Waals surface area contributed by atoms with Gasteiger partial charge in [0.2, 0.25) is 0 Å². The molecule has 0 fully saturated rings. The first-order valence-electron chi connectivity index (χ1n) is 4.71. The highest BCUT2D eigenvalue weighted by Crippen LogP contribution is 2.28. The van der Waals surface area contributed by atoms with Crippen molar-refractivity contribution in [2.24, 2.45) is 0 Å². The molecule has 1 aromatic carbocycles. The van der Waals surface area contributed by atoms with Crippen molar-refractivity contribution in [3.63, 3.8) is 0 Å². The molecule has 86 valence electrons. The molecule has 0 saturated carbocycles. The number of rotatable bonds is 4. The maximum atomic E-state index is 11.0. The number of benzene rings is 1. The van der Waals surface area contributed by atoms with E-state index in [9.17, 15) is 9.59 Å². The Bertz CT molecular complexity index is 415. The molecule has 0 heterocycles. The molecule has 4 nitrogen and oxygen atoms in total. The van der Waals surface area contributed by atoms with E-state index in [0.29, 0.717) is 18.3 Å². The Labute approximate surface area is 102 Å². The van der Waals surface area contributed by atoms with Crippen LogP contribution in [-0.2, 0) is 16.1 Å². The molecule has 0 spiro atoms. The third kappa shape index (κ3) is 2.82. The Morgan fingerprint density at radius 1 is 1.50 bits per heavy atom. The zero-order valence-electron chi connectivity index (χ0n) is 8.95. The van der Waals surface area contributed by atoms with E-state index >= 15 is 0 Å². The van der Waals surface area contributed by atoms with Crippen LogP contribution in [0.5, 0.6) is 5.75 Å². The summed E-state index contributed by atoms with van der Waals surface area (Å²) in [7, 11) is 0. The summed E-state index contributed by atoms with van der Waals surface area (Å²) in [5.41, 5.74) is 1.21. The number of carbonyl (C=O) groups excluding carboxylic acids is 2. The van der Waals surface area contributed by atoms with Crippen LogP contribution < -0.4 is 4.89 Å². The normalized spacial score (nSPS) is 9.69. The monoisotopic (exact) mass is 286 g/mol. The second-order valence-electron chi connectivity index (χ2n) is 3.07. The van der Waals surface area contributed by atoms with Gasteiger partial charge in [0.1, 0.15) is 0 Å². The SMILES string of the molecule is CCc1c(Br)ccc(OOC(C)=O)c1C=O. The highest BCUT2D eigenvalue weighted by Gasteiger charge is 2.13. The molecule has 0 radical (unpaired) electrons. The lowest BCUT2D eigenvalue weighted by molar-refractivity contribution is -0.211. The number of aldehydes is 1. The number of hydrogen-bond donors (Lipinski definition) is 0. The van der Waals surface area contributed by atoms with Gasteiger partial charge in [-0.15, -0.1) is 0 Å². The molecule has 0 aromatic heterocycles. The van der Waals surface area contributed by atoms with Crippen molar-refractivity contribution >= 4 is 28.2 Å². The standard InChI is InChI=1S/C11H11BrO4/c1-3-8-9(6-13)11(5-4-10(8)12)16-15-7(2)14/h4-6H,3H2,1-2H3. The van der Waals surface area contributed by atoms with Gasteiger partial charge in [0.05, 0.1) is 5.56 Å². The Balaban J connectivity index is 3.09. The minimum atomic E-state index is -0.571. The molecule has 16 heavy (non-hydrogen) atoms. The molecule has 1 aromatic rings. The smallest absolute Gasteiger partial charge is 0.298 e. The van der Waals surface area contributed by atoms with Gasteiger partial charge < -0.3 is 0 Å². The topological polar surface area (TPSA) is 52.6 Å². The second kappa shape index (κ2) is 5.65. The van der Waals surface area contributed by atoms with Crippen LogP contribution >= 0.6 is 15.9 Å². The molecule has 0 aliphatic rings. The van der Waals surface area contributed by atoms with Crippen LogP contribution in [0.2, 0.25) is 0 Å². The maximum Gasteiger partial charge on any atom is 0.352 e. The molecule has 0 saturated heterocycles. The van der Waals surface area contributed by atoms with Crippen LogP contribution in [0.3, 0.4) is 0 Å². The van der Waals surface area contributed by atoms with Crippen molar-refractivity contribution in [2.75, 3.05) is 0 Å². The maximum absolute atomic E-state index is 11.0. The first-order chi connectivity index (χ1) is 7.60. The molecule has 0 aliphatic heterocycles. The largest absolute Gasteiger partial charge is 0.352 e. The summed E-state index contributed by atoms with van der Waals surface area (Å²) in [5.74, 6) is -0.330. The molecule has 0 amide bonds. The molecule has 0 bridgehead atoms.